The lowest BCUT2D eigenvalue weighted by Crippen LogP contribution is -2.54. The highest BCUT2D eigenvalue weighted by atomic mass is 16.7. The summed E-state index contributed by atoms with van der Waals surface area (Å²) in [5, 5.41) is 20.7. The Morgan fingerprint density at radius 3 is 2.88 bits per heavy atom. The summed E-state index contributed by atoms with van der Waals surface area (Å²) in [5.74, 6) is 12.0. The van der Waals surface area contributed by atoms with Crippen LogP contribution in [-0.4, -0.2) is 34.6 Å². The molecule has 3 aliphatic rings. The fourth-order valence-electron chi connectivity index (χ4n) is 4.25. The van der Waals surface area contributed by atoms with Crippen molar-refractivity contribution in [1.82, 2.24) is 0 Å². The molecule has 1 aliphatic heterocycles. The van der Waals surface area contributed by atoms with Gasteiger partial charge in [-0.05, 0) is 49.1 Å². The van der Waals surface area contributed by atoms with Crippen molar-refractivity contribution in [1.29, 1.82) is 0 Å². The molecule has 122 valence electrons. The predicted molar refractivity (Wildman–Crippen MR) is 87.9 cm³/mol. The lowest BCUT2D eigenvalue weighted by atomic mass is 9.64. The van der Waals surface area contributed by atoms with Crippen LogP contribution in [0.2, 0.25) is 0 Å². The van der Waals surface area contributed by atoms with Crippen LogP contribution in [0.25, 0.3) is 0 Å². The molecule has 1 saturated heterocycles. The maximum atomic E-state index is 10.8. The second-order valence-electron chi connectivity index (χ2n) is 6.40. The van der Waals surface area contributed by atoms with Crippen molar-refractivity contribution in [3.05, 3.63) is 42.0 Å². The SMILES string of the molecule is CO[C@]12C#CC=CC#C[C@@H](O)[C@]3(CCC1)O[C@@]23c1cccc(O)c1. The number of phenols is 1. The third-order valence-electron chi connectivity index (χ3n) is 5.32. The predicted octanol–water partition coefficient (Wildman–Crippen LogP) is 1.86. The zero-order valence-electron chi connectivity index (χ0n) is 13.4. The van der Waals surface area contributed by atoms with Crippen molar-refractivity contribution in [3.63, 3.8) is 0 Å². The minimum Gasteiger partial charge on any atom is -0.508 e. The zero-order chi connectivity index (χ0) is 16.8. The number of rotatable bonds is 2. The quantitative estimate of drug-likeness (QED) is 0.644. The Labute approximate surface area is 141 Å². The van der Waals surface area contributed by atoms with E-state index in [0.717, 1.165) is 12.0 Å². The molecular formula is C20H18O4. The van der Waals surface area contributed by atoms with Crippen LogP contribution in [-0.2, 0) is 15.1 Å². The van der Waals surface area contributed by atoms with Gasteiger partial charge in [-0.1, -0.05) is 35.8 Å². The average Bonchev–Trinajstić information content (AvgIpc) is 3.30. The largest absolute Gasteiger partial charge is 0.508 e. The van der Waals surface area contributed by atoms with Crippen LogP contribution in [0.15, 0.2) is 36.4 Å². The van der Waals surface area contributed by atoms with Gasteiger partial charge in [-0.25, -0.2) is 0 Å². The molecule has 1 aromatic rings. The highest BCUT2D eigenvalue weighted by Gasteiger charge is 2.83. The lowest BCUT2D eigenvalue weighted by molar-refractivity contribution is -0.0456. The topological polar surface area (TPSA) is 62.2 Å². The van der Waals surface area contributed by atoms with Crippen LogP contribution >= 0.6 is 0 Å². The molecule has 0 radical (unpaired) electrons. The number of aliphatic hydroxyl groups is 1. The second-order valence-corrected chi connectivity index (χ2v) is 6.40. The van der Waals surface area contributed by atoms with Crippen molar-refractivity contribution in [2.24, 2.45) is 0 Å². The fourth-order valence-corrected chi connectivity index (χ4v) is 4.25. The molecule has 24 heavy (non-hydrogen) atoms. The molecule has 4 atom stereocenters. The highest BCUT2D eigenvalue weighted by molar-refractivity contribution is 5.51. The Bertz CT molecular complexity index is 836. The van der Waals surface area contributed by atoms with Crippen LogP contribution in [0.4, 0.5) is 0 Å². The smallest absolute Gasteiger partial charge is 0.167 e. The molecule has 2 aliphatic carbocycles. The van der Waals surface area contributed by atoms with E-state index < -0.39 is 22.9 Å². The second kappa shape index (κ2) is 5.13. The van der Waals surface area contributed by atoms with Gasteiger partial charge in [0.25, 0.3) is 0 Å². The molecule has 1 aromatic carbocycles. The summed E-state index contributed by atoms with van der Waals surface area (Å²) < 4.78 is 12.2. The third-order valence-corrected chi connectivity index (χ3v) is 5.32. The Hall–Kier alpha value is -2.24. The first-order chi connectivity index (χ1) is 11.6. The van der Waals surface area contributed by atoms with E-state index in [9.17, 15) is 10.2 Å². The Morgan fingerprint density at radius 2 is 2.08 bits per heavy atom. The minimum atomic E-state index is -0.959. The standard InChI is InChI=1S/C20H18O4/c1-23-18-11-5-3-2-4-10-17(22)19(13-7-12-18)20(18,24-19)15-8-6-9-16(21)14-15/h2-3,6,8-9,14,17,21-22H,7,12-13H2,1H3/t17-,18-,19+,20+/m1/s1. The molecule has 0 unspecified atom stereocenters. The monoisotopic (exact) mass is 322 g/mol. The lowest BCUT2D eigenvalue weighted by Gasteiger charge is -2.40. The number of aromatic hydroxyl groups is 1. The average molecular weight is 322 g/mol. The minimum absolute atomic E-state index is 0.141. The van der Waals surface area contributed by atoms with Crippen molar-refractivity contribution in [3.8, 4) is 29.4 Å². The molecule has 2 bridgehead atoms. The number of hydrogen-bond donors (Lipinski definition) is 2. The van der Waals surface area contributed by atoms with Gasteiger partial charge in [0.2, 0.25) is 0 Å². The number of hydrogen-bond acceptors (Lipinski definition) is 4. The zero-order valence-corrected chi connectivity index (χ0v) is 13.4. The molecule has 2 N–H and O–H groups in total. The van der Waals surface area contributed by atoms with Crippen LogP contribution in [0, 0.1) is 23.7 Å². The summed E-state index contributed by atoms with van der Waals surface area (Å²) in [6.45, 7) is 0. The fraction of sp³-hybridized carbons (Fsp3) is 0.400. The van der Waals surface area contributed by atoms with Gasteiger partial charge in [0.05, 0.1) is 0 Å². The van der Waals surface area contributed by atoms with Crippen LogP contribution in [0.1, 0.15) is 24.8 Å². The van der Waals surface area contributed by atoms with Crippen molar-refractivity contribution in [2.75, 3.05) is 7.11 Å². The summed E-state index contributed by atoms with van der Waals surface area (Å²) >= 11 is 0. The molecule has 0 aromatic heterocycles. The Kier molecular flexibility index (Phi) is 3.27. The molecule has 0 spiro atoms. The van der Waals surface area contributed by atoms with Gasteiger partial charge in [0.15, 0.2) is 11.2 Å². The van der Waals surface area contributed by atoms with Gasteiger partial charge in [-0.15, -0.1) is 0 Å². The first-order valence-corrected chi connectivity index (χ1v) is 8.02. The first kappa shape index (κ1) is 15.3. The van der Waals surface area contributed by atoms with Crippen molar-refractivity contribution < 1.29 is 19.7 Å². The van der Waals surface area contributed by atoms with Gasteiger partial charge in [-0.3, -0.25) is 0 Å². The van der Waals surface area contributed by atoms with Crippen LogP contribution in [0.5, 0.6) is 5.75 Å². The van der Waals surface area contributed by atoms with Crippen molar-refractivity contribution in [2.45, 2.75) is 42.2 Å². The molecular weight excluding hydrogens is 304 g/mol. The van der Waals surface area contributed by atoms with Crippen molar-refractivity contribution >= 4 is 0 Å². The number of phenolic OH excluding ortho intramolecular Hbond substituents is 1. The Morgan fingerprint density at radius 1 is 1.25 bits per heavy atom. The molecule has 4 nitrogen and oxygen atoms in total. The summed E-state index contributed by atoms with van der Waals surface area (Å²) in [7, 11) is 1.62. The molecule has 4 heteroatoms. The van der Waals surface area contributed by atoms with E-state index in [0.29, 0.717) is 12.8 Å². The van der Waals surface area contributed by atoms with E-state index in [1.807, 2.05) is 6.07 Å². The maximum Gasteiger partial charge on any atom is 0.167 e. The number of ether oxygens (including phenoxy) is 2. The Balaban J connectivity index is 1.99. The number of benzene rings is 1. The summed E-state index contributed by atoms with van der Waals surface area (Å²) in [5.41, 5.74) is -1.97. The molecule has 1 heterocycles. The number of allylic oxidation sites excluding steroid dienone is 2. The van der Waals surface area contributed by atoms with Gasteiger partial charge >= 0.3 is 0 Å². The van der Waals surface area contributed by atoms with E-state index in [4.69, 9.17) is 9.47 Å². The molecule has 1 saturated carbocycles. The normalized spacial score (nSPS) is 38.8. The summed E-state index contributed by atoms with van der Waals surface area (Å²) in [4.78, 5) is 0. The highest BCUT2D eigenvalue weighted by Crippen LogP contribution is 2.70. The molecule has 0 amide bonds. The van der Waals surface area contributed by atoms with E-state index >= 15 is 0 Å². The number of aliphatic hydroxyl groups excluding tert-OH is 1. The van der Waals surface area contributed by atoms with E-state index in [2.05, 4.69) is 23.7 Å². The van der Waals surface area contributed by atoms with Gasteiger partial charge in [0, 0.05) is 7.11 Å². The number of methoxy groups -OCH3 is 1. The summed E-state index contributed by atoms with van der Waals surface area (Å²) in [6, 6.07) is 6.90. The van der Waals surface area contributed by atoms with Gasteiger partial charge < -0.3 is 19.7 Å². The van der Waals surface area contributed by atoms with Gasteiger partial charge in [0.1, 0.15) is 17.5 Å². The van der Waals surface area contributed by atoms with Crippen LogP contribution < -0.4 is 0 Å². The third kappa shape index (κ3) is 1.77. The van der Waals surface area contributed by atoms with E-state index in [-0.39, 0.29) is 5.75 Å². The van der Waals surface area contributed by atoms with Gasteiger partial charge in [-0.2, -0.15) is 0 Å². The molecule has 2 fully saturated rings. The maximum absolute atomic E-state index is 10.8. The number of epoxide rings is 1. The van der Waals surface area contributed by atoms with E-state index in [1.165, 1.54) is 0 Å². The summed E-state index contributed by atoms with van der Waals surface area (Å²) in [6.07, 6.45) is 4.47. The van der Waals surface area contributed by atoms with Crippen LogP contribution in [0.3, 0.4) is 0 Å². The molecule has 4 rings (SSSR count). The van der Waals surface area contributed by atoms with E-state index in [1.54, 1.807) is 37.5 Å². The first-order valence-electron chi connectivity index (χ1n) is 8.02.